The van der Waals surface area contributed by atoms with Crippen molar-refractivity contribution < 1.29 is 5.11 Å². The molecule has 20 heavy (non-hydrogen) atoms. The highest BCUT2D eigenvalue weighted by Crippen LogP contribution is 2.29. The summed E-state index contributed by atoms with van der Waals surface area (Å²) >= 11 is 0. The van der Waals surface area contributed by atoms with Gasteiger partial charge in [0.25, 0.3) is 0 Å². The van der Waals surface area contributed by atoms with Crippen LogP contribution in [0.5, 0.6) is 5.75 Å². The van der Waals surface area contributed by atoms with Gasteiger partial charge >= 0.3 is 0 Å². The summed E-state index contributed by atoms with van der Waals surface area (Å²) in [5.41, 5.74) is 3.10. The molecule has 0 radical (unpaired) electrons. The molecule has 1 aliphatic rings. The first-order chi connectivity index (χ1) is 8.63. The van der Waals surface area contributed by atoms with Gasteiger partial charge in [0.15, 0.2) is 0 Å². The molecular formula is C15H24Cl2N2O. The summed E-state index contributed by atoms with van der Waals surface area (Å²) in [5.74, 6) is 0.405. The maximum Gasteiger partial charge on any atom is 0.121 e. The van der Waals surface area contributed by atoms with Gasteiger partial charge < -0.3 is 10.4 Å². The number of piperazine rings is 1. The van der Waals surface area contributed by atoms with Crippen LogP contribution in [0.1, 0.15) is 22.7 Å². The number of aryl methyl sites for hydroxylation is 2. The van der Waals surface area contributed by atoms with Crippen LogP contribution < -0.4 is 5.32 Å². The molecule has 2 rings (SSSR count). The van der Waals surface area contributed by atoms with E-state index in [1.807, 2.05) is 19.9 Å². The molecule has 1 aromatic carbocycles. The fraction of sp³-hybridized carbons (Fsp3) is 0.467. The van der Waals surface area contributed by atoms with Crippen molar-refractivity contribution in [1.29, 1.82) is 0 Å². The van der Waals surface area contributed by atoms with Gasteiger partial charge in [0, 0.05) is 26.2 Å². The average molecular weight is 319 g/mol. The minimum atomic E-state index is 0. The fourth-order valence-electron chi connectivity index (χ4n) is 2.62. The Morgan fingerprint density at radius 1 is 1.20 bits per heavy atom. The zero-order valence-electron chi connectivity index (χ0n) is 12.1. The Morgan fingerprint density at radius 3 is 2.15 bits per heavy atom. The maximum atomic E-state index is 9.85. The van der Waals surface area contributed by atoms with Crippen LogP contribution in [0, 0.1) is 13.8 Å². The number of rotatable bonds is 3. The highest BCUT2D eigenvalue weighted by atomic mass is 35.5. The number of phenolic OH excluding ortho intramolecular Hbond substituents is 1. The monoisotopic (exact) mass is 318 g/mol. The van der Waals surface area contributed by atoms with Crippen molar-refractivity contribution in [1.82, 2.24) is 10.2 Å². The Kier molecular flexibility index (Phi) is 8.21. The number of halogens is 2. The average Bonchev–Trinajstić information content (AvgIpc) is 2.38. The number of aromatic hydroxyl groups is 1. The second kappa shape index (κ2) is 8.53. The Bertz CT molecular complexity index is 422. The predicted octanol–water partition coefficient (Wildman–Crippen LogP) is 2.98. The van der Waals surface area contributed by atoms with E-state index < -0.39 is 0 Å². The predicted molar refractivity (Wildman–Crippen MR) is 89.5 cm³/mol. The van der Waals surface area contributed by atoms with E-state index in [0.29, 0.717) is 5.75 Å². The van der Waals surface area contributed by atoms with Crippen molar-refractivity contribution in [3.63, 3.8) is 0 Å². The van der Waals surface area contributed by atoms with Crippen LogP contribution >= 0.6 is 24.8 Å². The second-order valence-electron chi connectivity index (χ2n) is 4.97. The summed E-state index contributed by atoms with van der Waals surface area (Å²) in [7, 11) is 0. The minimum Gasteiger partial charge on any atom is -0.507 e. The lowest BCUT2D eigenvalue weighted by Crippen LogP contribution is -2.44. The first-order valence-electron chi connectivity index (χ1n) is 6.51. The third-order valence-electron chi connectivity index (χ3n) is 3.62. The number of phenols is 1. The van der Waals surface area contributed by atoms with E-state index in [-0.39, 0.29) is 30.9 Å². The summed E-state index contributed by atoms with van der Waals surface area (Å²) in [6, 6.07) is 4.37. The molecule has 1 aliphatic heterocycles. The highest BCUT2D eigenvalue weighted by molar-refractivity contribution is 5.85. The highest BCUT2D eigenvalue weighted by Gasteiger charge is 2.20. The summed E-state index contributed by atoms with van der Waals surface area (Å²) in [6.45, 7) is 12.0. The van der Waals surface area contributed by atoms with Gasteiger partial charge in [-0.05, 0) is 30.5 Å². The minimum absolute atomic E-state index is 0. The Balaban J connectivity index is 0.00000180. The third-order valence-corrected chi connectivity index (χ3v) is 3.62. The molecule has 114 valence electrons. The summed E-state index contributed by atoms with van der Waals surface area (Å²) < 4.78 is 0. The van der Waals surface area contributed by atoms with Crippen LogP contribution in [0.4, 0.5) is 0 Å². The number of benzene rings is 1. The van der Waals surface area contributed by atoms with E-state index in [2.05, 4.69) is 28.9 Å². The zero-order valence-corrected chi connectivity index (χ0v) is 13.7. The van der Waals surface area contributed by atoms with Gasteiger partial charge in [-0.1, -0.05) is 18.2 Å². The maximum absolute atomic E-state index is 9.85. The van der Waals surface area contributed by atoms with E-state index in [9.17, 15) is 5.11 Å². The van der Waals surface area contributed by atoms with Crippen LogP contribution in [0.25, 0.3) is 0 Å². The lowest BCUT2D eigenvalue weighted by Gasteiger charge is -2.33. The van der Waals surface area contributed by atoms with Crippen molar-refractivity contribution in [2.24, 2.45) is 0 Å². The van der Waals surface area contributed by atoms with E-state index in [1.165, 1.54) is 5.56 Å². The smallest absolute Gasteiger partial charge is 0.121 e. The van der Waals surface area contributed by atoms with Crippen molar-refractivity contribution in [2.75, 3.05) is 26.2 Å². The molecule has 1 aromatic rings. The normalized spacial score (nSPS) is 16.7. The first-order valence-corrected chi connectivity index (χ1v) is 6.51. The van der Waals surface area contributed by atoms with Gasteiger partial charge in [-0.15, -0.1) is 31.4 Å². The number of hydrogen-bond acceptors (Lipinski definition) is 3. The van der Waals surface area contributed by atoms with Gasteiger partial charge in [-0.25, -0.2) is 0 Å². The molecule has 0 saturated carbocycles. The summed E-state index contributed by atoms with van der Waals surface area (Å²) in [5, 5.41) is 13.2. The molecule has 1 heterocycles. The molecule has 0 aromatic heterocycles. The molecule has 1 fully saturated rings. The van der Waals surface area contributed by atoms with Crippen molar-refractivity contribution in [3.05, 3.63) is 41.5 Å². The Labute approximate surface area is 133 Å². The van der Waals surface area contributed by atoms with Crippen LogP contribution in [0.3, 0.4) is 0 Å². The van der Waals surface area contributed by atoms with E-state index in [0.717, 1.165) is 37.3 Å². The van der Waals surface area contributed by atoms with E-state index in [4.69, 9.17) is 0 Å². The molecule has 5 heteroatoms. The zero-order chi connectivity index (χ0) is 13.1. The molecule has 0 amide bonds. The SMILES string of the molecule is C=C[C@H](c1cc(C)c(O)c(C)c1)N1CCNCC1.Cl.Cl. The molecule has 3 nitrogen and oxygen atoms in total. The topological polar surface area (TPSA) is 35.5 Å². The molecule has 1 saturated heterocycles. The van der Waals surface area contributed by atoms with Crippen molar-refractivity contribution >= 4 is 24.8 Å². The lowest BCUT2D eigenvalue weighted by atomic mass is 9.98. The van der Waals surface area contributed by atoms with Crippen LogP contribution in [0.15, 0.2) is 24.8 Å². The van der Waals surface area contributed by atoms with Crippen LogP contribution in [0.2, 0.25) is 0 Å². The van der Waals surface area contributed by atoms with E-state index >= 15 is 0 Å². The van der Waals surface area contributed by atoms with Crippen LogP contribution in [-0.4, -0.2) is 36.2 Å². The largest absolute Gasteiger partial charge is 0.507 e. The molecule has 0 unspecified atom stereocenters. The van der Waals surface area contributed by atoms with Crippen molar-refractivity contribution in [2.45, 2.75) is 19.9 Å². The van der Waals surface area contributed by atoms with Gasteiger partial charge in [0.2, 0.25) is 0 Å². The lowest BCUT2D eigenvalue weighted by molar-refractivity contribution is 0.203. The van der Waals surface area contributed by atoms with E-state index in [1.54, 1.807) is 0 Å². The van der Waals surface area contributed by atoms with Gasteiger partial charge in [-0.2, -0.15) is 0 Å². The standard InChI is InChI=1S/C15H22N2O.2ClH/c1-4-14(17-7-5-16-6-8-17)13-9-11(2)15(18)12(3)10-13;;/h4,9-10,14,16,18H,1,5-8H2,2-3H3;2*1H/t14-;;/m1../s1. The molecular weight excluding hydrogens is 295 g/mol. The van der Waals surface area contributed by atoms with Gasteiger partial charge in [0.05, 0.1) is 6.04 Å². The summed E-state index contributed by atoms with van der Waals surface area (Å²) in [4.78, 5) is 2.43. The quantitative estimate of drug-likeness (QED) is 0.841. The molecule has 0 bridgehead atoms. The molecule has 0 spiro atoms. The molecule has 2 N–H and O–H groups in total. The molecule has 1 atom stereocenters. The Morgan fingerprint density at radius 2 is 1.70 bits per heavy atom. The van der Waals surface area contributed by atoms with Gasteiger partial charge in [0.1, 0.15) is 5.75 Å². The van der Waals surface area contributed by atoms with Gasteiger partial charge in [-0.3, -0.25) is 4.90 Å². The fourth-order valence-corrected chi connectivity index (χ4v) is 2.62. The summed E-state index contributed by atoms with van der Waals surface area (Å²) in [6.07, 6.45) is 2.00. The number of hydrogen-bond donors (Lipinski definition) is 2. The number of nitrogens with one attached hydrogen (secondary N) is 1. The second-order valence-corrected chi connectivity index (χ2v) is 4.97. The number of nitrogens with zero attached hydrogens (tertiary/aromatic N) is 1. The van der Waals surface area contributed by atoms with Crippen LogP contribution in [-0.2, 0) is 0 Å². The third kappa shape index (κ3) is 4.13. The first kappa shape index (κ1) is 19.3. The van der Waals surface area contributed by atoms with Crippen molar-refractivity contribution in [3.8, 4) is 5.75 Å². The Hall–Kier alpha value is -0.740. The molecule has 0 aliphatic carbocycles.